The van der Waals surface area contributed by atoms with Crippen LogP contribution in [0.2, 0.25) is 0 Å². The van der Waals surface area contributed by atoms with E-state index in [0.717, 1.165) is 77.1 Å². The number of alkyl carbamates (subject to hydrolysis) is 1. The average Bonchev–Trinajstić information content (AvgIpc) is 3.82. The Hall–Kier alpha value is -4.15. The SMILES string of the molecule is CNC(=O)O[C@H]1CCC[C@@H]1C(Cn1ccnc1)(c1ccccc1)C1CCN(CC2CN(c3ccc(S(=O)(=O)c4ccccc4)cc3)C2)CC1. The van der Waals surface area contributed by atoms with Gasteiger partial charge in [-0.15, -0.1) is 0 Å². The summed E-state index contributed by atoms with van der Waals surface area (Å²) in [6, 6.07) is 26.9. The Morgan fingerprint density at radius 3 is 2.22 bits per heavy atom. The zero-order chi connectivity index (χ0) is 33.8. The van der Waals surface area contributed by atoms with Gasteiger partial charge in [-0.25, -0.2) is 18.2 Å². The van der Waals surface area contributed by atoms with Crippen molar-refractivity contribution >= 4 is 21.6 Å². The number of hydrogen-bond acceptors (Lipinski definition) is 7. The molecule has 3 fully saturated rings. The number of carbonyl (C=O) groups excluding carboxylic acids is 1. The predicted octanol–water partition coefficient (Wildman–Crippen LogP) is 6.03. The minimum atomic E-state index is -3.52. The fourth-order valence-corrected chi connectivity index (χ4v) is 10.1. The monoisotopic (exact) mass is 681 g/mol. The molecule has 1 unspecified atom stereocenters. The molecule has 1 N–H and O–H groups in total. The van der Waals surface area contributed by atoms with Gasteiger partial charge in [-0.05, 0) is 93.1 Å². The molecule has 0 radical (unpaired) electrons. The molecule has 7 rings (SSSR count). The Balaban J connectivity index is 1.02. The van der Waals surface area contributed by atoms with Crippen molar-refractivity contribution < 1.29 is 17.9 Å². The summed E-state index contributed by atoms with van der Waals surface area (Å²) in [7, 11) is -1.88. The van der Waals surface area contributed by atoms with E-state index in [1.54, 1.807) is 43.4 Å². The van der Waals surface area contributed by atoms with Crippen molar-refractivity contribution in [2.24, 2.45) is 17.8 Å². The molecule has 258 valence electrons. The number of rotatable bonds is 11. The number of nitrogens with zero attached hydrogens (tertiary/aromatic N) is 4. The van der Waals surface area contributed by atoms with Crippen molar-refractivity contribution in [3.05, 3.63) is 109 Å². The van der Waals surface area contributed by atoms with Gasteiger partial charge in [-0.2, -0.15) is 0 Å². The first-order chi connectivity index (χ1) is 23.9. The van der Waals surface area contributed by atoms with Crippen molar-refractivity contribution in [2.45, 2.75) is 60.0 Å². The first-order valence-corrected chi connectivity index (χ1v) is 19.1. The van der Waals surface area contributed by atoms with Crippen LogP contribution >= 0.6 is 0 Å². The quantitative estimate of drug-likeness (QED) is 0.207. The number of likely N-dealkylation sites (tertiary alicyclic amines) is 1. The Morgan fingerprint density at radius 1 is 0.898 bits per heavy atom. The first kappa shape index (κ1) is 33.4. The Labute approximate surface area is 290 Å². The lowest BCUT2D eigenvalue weighted by Gasteiger charge is -2.51. The van der Waals surface area contributed by atoms with Crippen molar-refractivity contribution in [2.75, 3.05) is 44.7 Å². The van der Waals surface area contributed by atoms with Gasteiger partial charge in [-0.1, -0.05) is 48.5 Å². The summed E-state index contributed by atoms with van der Waals surface area (Å²) in [4.78, 5) is 22.5. The molecule has 2 aliphatic heterocycles. The molecule has 49 heavy (non-hydrogen) atoms. The Morgan fingerprint density at radius 2 is 1.57 bits per heavy atom. The molecule has 3 atom stereocenters. The number of anilines is 1. The van der Waals surface area contributed by atoms with Gasteiger partial charge in [0.15, 0.2) is 0 Å². The van der Waals surface area contributed by atoms with Crippen molar-refractivity contribution in [1.82, 2.24) is 19.8 Å². The number of benzene rings is 3. The molecule has 0 spiro atoms. The van der Waals surface area contributed by atoms with Gasteiger partial charge in [-0.3, -0.25) is 0 Å². The second-order valence-corrected chi connectivity index (χ2v) is 16.0. The molecule has 0 bridgehead atoms. The van der Waals surface area contributed by atoms with Gasteiger partial charge in [0.1, 0.15) is 6.10 Å². The van der Waals surface area contributed by atoms with E-state index >= 15 is 0 Å². The van der Waals surface area contributed by atoms with Gasteiger partial charge >= 0.3 is 6.09 Å². The molecule has 1 aliphatic carbocycles. The zero-order valence-corrected chi connectivity index (χ0v) is 29.0. The van der Waals surface area contributed by atoms with Crippen molar-refractivity contribution in [1.29, 1.82) is 0 Å². The lowest BCUT2D eigenvalue weighted by Crippen LogP contribution is -2.55. The smallest absolute Gasteiger partial charge is 0.407 e. The van der Waals surface area contributed by atoms with Crippen LogP contribution in [0.3, 0.4) is 0 Å². The highest BCUT2D eigenvalue weighted by atomic mass is 32.2. The summed E-state index contributed by atoms with van der Waals surface area (Å²) < 4.78 is 34.3. The summed E-state index contributed by atoms with van der Waals surface area (Å²) in [5, 5.41) is 2.68. The van der Waals surface area contributed by atoms with E-state index < -0.39 is 9.84 Å². The number of piperidine rings is 1. The van der Waals surface area contributed by atoms with Gasteiger partial charge in [0, 0.05) is 68.6 Å². The number of carbonyl (C=O) groups is 1. The zero-order valence-electron chi connectivity index (χ0n) is 28.2. The van der Waals surface area contributed by atoms with Crippen molar-refractivity contribution in [3.8, 4) is 0 Å². The third-order valence-electron chi connectivity index (χ3n) is 11.2. The van der Waals surface area contributed by atoms with Crippen LogP contribution in [-0.2, 0) is 26.5 Å². The van der Waals surface area contributed by atoms with Crippen LogP contribution in [0.25, 0.3) is 0 Å². The van der Waals surface area contributed by atoms with Crippen LogP contribution in [0.5, 0.6) is 0 Å². The van der Waals surface area contributed by atoms with E-state index in [1.165, 1.54) is 5.56 Å². The maximum absolute atomic E-state index is 13.0. The minimum absolute atomic E-state index is 0.129. The van der Waals surface area contributed by atoms with Crippen LogP contribution in [0, 0.1) is 17.8 Å². The number of ether oxygens (including phenoxy) is 1. The highest BCUT2D eigenvalue weighted by Gasteiger charge is 2.53. The molecular weight excluding hydrogens is 635 g/mol. The van der Waals surface area contributed by atoms with E-state index in [9.17, 15) is 13.2 Å². The normalized spacial score (nSPS) is 21.9. The second-order valence-electron chi connectivity index (χ2n) is 14.0. The summed E-state index contributed by atoms with van der Waals surface area (Å²) in [5.41, 5.74) is 2.20. The fraction of sp³-hybridized carbons (Fsp3) is 0.436. The van der Waals surface area contributed by atoms with Gasteiger partial charge in [0.05, 0.1) is 16.1 Å². The topological polar surface area (TPSA) is 96.8 Å². The van der Waals surface area contributed by atoms with Gasteiger partial charge < -0.3 is 24.4 Å². The number of amides is 1. The summed E-state index contributed by atoms with van der Waals surface area (Å²) >= 11 is 0. The van der Waals surface area contributed by atoms with Gasteiger partial charge in [0.25, 0.3) is 0 Å². The molecule has 4 aromatic rings. The average molecular weight is 682 g/mol. The molecule has 3 aliphatic rings. The second kappa shape index (κ2) is 14.4. The van der Waals surface area contributed by atoms with Gasteiger partial charge in [0.2, 0.25) is 9.84 Å². The summed E-state index contributed by atoms with van der Waals surface area (Å²) in [5.74, 6) is 1.21. The molecule has 9 nitrogen and oxygen atoms in total. The Bertz CT molecular complexity index is 1770. The van der Waals surface area contributed by atoms with E-state index in [-0.39, 0.29) is 23.5 Å². The third kappa shape index (κ3) is 6.85. The van der Waals surface area contributed by atoms with E-state index in [2.05, 4.69) is 61.2 Å². The number of imidazole rings is 1. The molecule has 1 aromatic heterocycles. The fourth-order valence-electron chi connectivity index (χ4n) is 8.84. The van der Waals surface area contributed by atoms with Crippen LogP contribution in [0.1, 0.15) is 37.7 Å². The summed E-state index contributed by atoms with van der Waals surface area (Å²) in [6.45, 7) is 5.90. The predicted molar refractivity (Wildman–Crippen MR) is 190 cm³/mol. The standard InChI is InChI=1S/C39H47N5O4S/c1-40-38(45)48-37-14-8-13-36(37)39(28-43-24-21-41-29-43,31-9-4-2-5-10-31)32-19-22-42(23-20-32)25-30-26-44(27-30)33-15-17-35(18-16-33)49(46,47)34-11-6-3-7-12-34/h2-7,9-12,15-18,21,24,29-30,32,36-37H,8,13-14,19-20,22-23,25-28H2,1H3,(H,40,45)/t36-,37-,39?/m0/s1. The van der Waals surface area contributed by atoms with E-state index in [1.807, 2.05) is 30.7 Å². The highest BCUT2D eigenvalue weighted by Crippen LogP contribution is 2.52. The number of nitrogens with one attached hydrogen (secondary N) is 1. The maximum atomic E-state index is 13.0. The van der Waals surface area contributed by atoms with Crippen LogP contribution in [-0.4, -0.2) is 74.8 Å². The molecular formula is C39H47N5O4S. The number of sulfone groups is 1. The Kier molecular flexibility index (Phi) is 9.78. The van der Waals surface area contributed by atoms with E-state index in [4.69, 9.17) is 4.74 Å². The van der Waals surface area contributed by atoms with Crippen molar-refractivity contribution in [3.63, 3.8) is 0 Å². The van der Waals surface area contributed by atoms with Crippen LogP contribution in [0.15, 0.2) is 113 Å². The third-order valence-corrected chi connectivity index (χ3v) is 13.0. The molecule has 1 amide bonds. The van der Waals surface area contributed by atoms with E-state index in [0.29, 0.717) is 21.6 Å². The van der Waals surface area contributed by atoms with Crippen LogP contribution < -0.4 is 10.2 Å². The molecule has 3 aromatic carbocycles. The molecule has 10 heteroatoms. The summed E-state index contributed by atoms with van der Waals surface area (Å²) in [6.07, 6.45) is 10.5. The molecule has 1 saturated carbocycles. The molecule has 3 heterocycles. The highest BCUT2D eigenvalue weighted by molar-refractivity contribution is 7.91. The number of aromatic nitrogens is 2. The molecule has 2 saturated heterocycles. The largest absolute Gasteiger partial charge is 0.446 e. The van der Waals surface area contributed by atoms with Crippen LogP contribution in [0.4, 0.5) is 10.5 Å². The number of hydrogen-bond donors (Lipinski definition) is 1. The lowest BCUT2D eigenvalue weighted by molar-refractivity contribution is 0.00203. The lowest BCUT2D eigenvalue weighted by atomic mass is 9.58. The first-order valence-electron chi connectivity index (χ1n) is 17.6. The maximum Gasteiger partial charge on any atom is 0.407 e. The minimum Gasteiger partial charge on any atom is -0.446 e.